The number of aryl methyl sites for hydroxylation is 1. The van der Waals surface area contributed by atoms with Gasteiger partial charge in [-0.3, -0.25) is 19.0 Å². The van der Waals surface area contributed by atoms with Crippen LogP contribution < -0.4 is 37.9 Å². The molecule has 0 aliphatic carbocycles. The lowest BCUT2D eigenvalue weighted by Crippen LogP contribution is -2.41. The Morgan fingerprint density at radius 2 is 1.45 bits per heavy atom. The number of carbonyl (C=O) groups excluding carboxylic acids is 2. The van der Waals surface area contributed by atoms with Gasteiger partial charge in [-0.2, -0.15) is 15.0 Å². The lowest BCUT2D eigenvalue weighted by Gasteiger charge is -2.19. The summed E-state index contributed by atoms with van der Waals surface area (Å²) >= 11 is 14.4. The third-order valence-electron chi connectivity index (χ3n) is 11.6. The van der Waals surface area contributed by atoms with E-state index in [-0.39, 0.29) is 60.4 Å². The molecule has 0 saturated heterocycles. The first kappa shape index (κ1) is 58.4. The molecule has 0 aliphatic rings. The number of anilines is 5. The van der Waals surface area contributed by atoms with Crippen molar-refractivity contribution < 1.29 is 43.2 Å². The maximum absolute atomic E-state index is 13.3. The van der Waals surface area contributed by atoms with Gasteiger partial charge in [-0.15, -0.1) is 11.8 Å². The van der Waals surface area contributed by atoms with Gasteiger partial charge in [0.2, 0.25) is 17.8 Å². The van der Waals surface area contributed by atoms with Crippen molar-refractivity contribution in [2.45, 2.75) is 30.3 Å². The van der Waals surface area contributed by atoms with Gasteiger partial charge in [-0.25, -0.2) is 19.7 Å². The number of fused-ring (bicyclic) bond motifs is 2. The number of nitrogens with two attached hydrogens (primary N) is 2. The van der Waals surface area contributed by atoms with Crippen molar-refractivity contribution in [3.8, 4) is 11.1 Å². The molecule has 412 valence electrons. The quantitative estimate of drug-likeness (QED) is 0.0230. The summed E-state index contributed by atoms with van der Waals surface area (Å²) in [6.45, 7) is 4.46. The summed E-state index contributed by atoms with van der Waals surface area (Å²) in [5, 5.41) is 19.6. The largest absolute Gasteiger partial charge is 0.480 e. The fourth-order valence-electron chi connectivity index (χ4n) is 7.62. The summed E-state index contributed by atoms with van der Waals surface area (Å²) in [7, 11) is 3.48. The molecule has 2 amide bonds. The van der Waals surface area contributed by atoms with Crippen LogP contribution in [0.3, 0.4) is 0 Å². The SMILES string of the molecule is CN(Cc1cnc2nc(N)nc(N)c2n1)c1ccc(C(=O)NC(CCC(=O)NCCOCCOCCOCCOCCOCCSc2cccc(Nc3ncc4cc(-c5c(Cl)cccc5Cl)c(=O)n(C)c4n3)c2)C(=O)O)cc1. The number of carboxylic acids is 1. The number of halogens is 2. The number of carboxylic acid groups (broad SMARTS) is 1. The molecule has 7 aromatic rings. The first-order valence-corrected chi connectivity index (χ1v) is 26.3. The van der Waals surface area contributed by atoms with Crippen LogP contribution in [0.15, 0.2) is 94.9 Å². The topological polar surface area (TPSA) is 308 Å². The van der Waals surface area contributed by atoms with Crippen molar-refractivity contribution in [2.75, 3.05) is 107 Å². The number of thioether (sulfide) groups is 1. The Bertz CT molecular complexity index is 3210. The standard InChI is InChI=1S/C52H59Cl2N13O10S/c1-66(31-35-30-58-46-44(60-35)45(55)63-51(56)64-46)36-11-9-32(10-12-36)48(69)62-41(50(71)72)13-14-42(68)57-15-16-73-17-18-74-19-20-75-21-22-76-23-24-77-25-26-78-37-6-3-5-34(28-37)61-52-59-29-33-27-38(49(70)67(2)47(33)65-52)43-39(53)7-4-8-40(43)54/h3-12,27-30,41H,13-26,31H2,1-2H3,(H,57,68)(H,62,69)(H,71,72)(H,59,61,65)(H4,55,56,58,63,64). The van der Waals surface area contributed by atoms with E-state index in [4.69, 9.17) is 58.4 Å². The van der Waals surface area contributed by atoms with Crippen LogP contribution in [-0.4, -0.2) is 149 Å². The van der Waals surface area contributed by atoms with E-state index in [0.717, 1.165) is 22.0 Å². The van der Waals surface area contributed by atoms with E-state index in [9.17, 15) is 24.3 Å². The average Bonchev–Trinajstić information content (AvgIpc) is 3.47. The number of benzene rings is 3. The Hall–Kier alpha value is -7.29. The molecule has 23 nitrogen and oxygen atoms in total. The predicted octanol–water partition coefficient (Wildman–Crippen LogP) is 5.53. The zero-order chi connectivity index (χ0) is 55.4. The molecule has 3 aromatic carbocycles. The first-order chi connectivity index (χ1) is 37.7. The van der Waals surface area contributed by atoms with Crippen LogP contribution in [0, 0.1) is 0 Å². The monoisotopic (exact) mass is 1130 g/mol. The minimum Gasteiger partial charge on any atom is -0.480 e. The van der Waals surface area contributed by atoms with E-state index in [1.54, 1.807) is 79.7 Å². The van der Waals surface area contributed by atoms with Gasteiger partial charge in [-0.05, 0) is 67.1 Å². The van der Waals surface area contributed by atoms with Gasteiger partial charge in [0.05, 0.1) is 100 Å². The highest BCUT2D eigenvalue weighted by molar-refractivity contribution is 7.99. The van der Waals surface area contributed by atoms with Crippen molar-refractivity contribution in [3.63, 3.8) is 0 Å². The smallest absolute Gasteiger partial charge is 0.326 e. The molecule has 0 bridgehead atoms. The van der Waals surface area contributed by atoms with Gasteiger partial charge in [0.25, 0.3) is 11.5 Å². The summed E-state index contributed by atoms with van der Waals surface area (Å²) in [4.78, 5) is 79.3. The van der Waals surface area contributed by atoms with E-state index < -0.39 is 17.9 Å². The summed E-state index contributed by atoms with van der Waals surface area (Å²) in [5.74, 6) is -1.02. The third-order valence-corrected chi connectivity index (χ3v) is 13.1. The molecule has 1 unspecified atom stereocenters. The number of nitrogens with zero attached hydrogens (tertiary/aromatic N) is 8. The summed E-state index contributed by atoms with van der Waals surface area (Å²) in [5.41, 5.74) is 15.6. The molecule has 0 spiro atoms. The van der Waals surface area contributed by atoms with Crippen LogP contribution in [0.1, 0.15) is 28.9 Å². The molecule has 0 fully saturated rings. The molecular formula is C52H59Cl2N13O10S. The number of amides is 2. The lowest BCUT2D eigenvalue weighted by atomic mass is 10.1. The fraction of sp³-hybridized carbons (Fsp3) is 0.346. The number of hydrogen-bond donors (Lipinski definition) is 6. The van der Waals surface area contributed by atoms with Gasteiger partial charge in [-0.1, -0.05) is 35.3 Å². The van der Waals surface area contributed by atoms with Crippen molar-refractivity contribution in [1.29, 1.82) is 0 Å². The van der Waals surface area contributed by atoms with Gasteiger partial charge in [0.1, 0.15) is 11.7 Å². The van der Waals surface area contributed by atoms with Crippen molar-refractivity contribution in [2.24, 2.45) is 7.05 Å². The Balaban J connectivity index is 0.660. The number of rotatable bonds is 31. The number of nitrogens with one attached hydrogen (secondary N) is 3. The predicted molar refractivity (Wildman–Crippen MR) is 298 cm³/mol. The van der Waals surface area contributed by atoms with Gasteiger partial charge in [0, 0.05) is 71.8 Å². The molecule has 8 N–H and O–H groups in total. The molecule has 0 radical (unpaired) electrons. The van der Waals surface area contributed by atoms with E-state index in [1.807, 2.05) is 36.2 Å². The van der Waals surface area contributed by atoms with E-state index in [1.165, 1.54) is 4.57 Å². The third kappa shape index (κ3) is 17.1. The Kier molecular flexibility index (Phi) is 22.0. The van der Waals surface area contributed by atoms with Gasteiger partial charge < -0.3 is 61.1 Å². The summed E-state index contributed by atoms with van der Waals surface area (Å²) < 4.78 is 29.4. The molecule has 78 heavy (non-hydrogen) atoms. The number of aromatic nitrogens is 7. The second kappa shape index (κ2) is 29.5. The normalized spacial score (nSPS) is 11.7. The minimum absolute atomic E-state index is 0.00541. The van der Waals surface area contributed by atoms with Crippen LogP contribution >= 0.6 is 35.0 Å². The fourth-order valence-corrected chi connectivity index (χ4v) is 9.04. The molecule has 0 aliphatic heterocycles. The number of hydrogen-bond acceptors (Lipinski definition) is 20. The Morgan fingerprint density at radius 3 is 2.13 bits per heavy atom. The molecular weight excluding hydrogens is 1070 g/mol. The number of nitrogen functional groups attached to an aromatic ring is 2. The van der Waals surface area contributed by atoms with Gasteiger partial charge in [0.15, 0.2) is 17.0 Å². The number of aliphatic carboxylic acids is 1. The molecule has 4 aromatic heterocycles. The molecule has 0 saturated carbocycles. The number of carbonyl (C=O) groups is 3. The average molecular weight is 1130 g/mol. The maximum atomic E-state index is 13.3. The second-order valence-corrected chi connectivity index (χ2v) is 19.2. The zero-order valence-electron chi connectivity index (χ0n) is 42.8. The van der Waals surface area contributed by atoms with Crippen LogP contribution in [0.25, 0.3) is 33.3 Å². The molecule has 1 atom stereocenters. The highest BCUT2D eigenvalue weighted by Crippen LogP contribution is 2.34. The summed E-state index contributed by atoms with van der Waals surface area (Å²) in [6.07, 6.45) is 2.99. The molecule has 7 rings (SSSR count). The van der Waals surface area contributed by atoms with Crippen molar-refractivity contribution in [1.82, 2.24) is 45.1 Å². The minimum atomic E-state index is -1.28. The van der Waals surface area contributed by atoms with Gasteiger partial charge >= 0.3 is 5.97 Å². The Morgan fingerprint density at radius 1 is 0.795 bits per heavy atom. The van der Waals surface area contributed by atoms with Crippen LogP contribution in [0.5, 0.6) is 0 Å². The van der Waals surface area contributed by atoms with Crippen LogP contribution in [0.4, 0.5) is 29.1 Å². The molecule has 4 heterocycles. The lowest BCUT2D eigenvalue weighted by molar-refractivity contribution is -0.139. The van der Waals surface area contributed by atoms with Crippen LogP contribution in [-0.2, 0) is 46.9 Å². The summed E-state index contributed by atoms with van der Waals surface area (Å²) in [6, 6.07) is 20.0. The highest BCUT2D eigenvalue weighted by atomic mass is 35.5. The van der Waals surface area contributed by atoms with Crippen LogP contribution in [0.2, 0.25) is 10.0 Å². The maximum Gasteiger partial charge on any atom is 0.326 e. The number of ether oxygens (including phenoxy) is 5. The number of pyridine rings is 1. The Labute approximate surface area is 462 Å². The van der Waals surface area contributed by atoms with E-state index in [0.29, 0.717) is 115 Å². The van der Waals surface area contributed by atoms with E-state index >= 15 is 0 Å². The second-order valence-electron chi connectivity index (χ2n) is 17.2. The first-order valence-electron chi connectivity index (χ1n) is 24.6. The van der Waals surface area contributed by atoms with E-state index in [2.05, 4.69) is 45.9 Å². The molecule has 26 heteroatoms. The zero-order valence-corrected chi connectivity index (χ0v) is 45.1. The van der Waals surface area contributed by atoms with Crippen molar-refractivity contribution >= 4 is 104 Å². The van der Waals surface area contributed by atoms with Crippen molar-refractivity contribution in [3.05, 3.63) is 117 Å². The highest BCUT2D eigenvalue weighted by Gasteiger charge is 2.22.